The second kappa shape index (κ2) is 8.34. The third-order valence-corrected chi connectivity index (χ3v) is 7.92. The van der Waals surface area contributed by atoms with Gasteiger partial charge < -0.3 is 4.74 Å². The lowest BCUT2D eigenvalue weighted by molar-refractivity contribution is 0.386. The first-order valence-electron chi connectivity index (χ1n) is 10.2. The van der Waals surface area contributed by atoms with E-state index in [0.29, 0.717) is 10.9 Å². The molecule has 0 aliphatic heterocycles. The zero-order valence-corrected chi connectivity index (χ0v) is 19.8. The van der Waals surface area contributed by atoms with Crippen molar-refractivity contribution in [2.75, 3.05) is 7.11 Å². The molecule has 0 amide bonds. The number of methoxy groups -OCH3 is 1. The van der Waals surface area contributed by atoms with Crippen LogP contribution in [0.2, 0.25) is 0 Å². The Labute approximate surface area is 198 Å². The Bertz CT molecular complexity index is 1630. The van der Waals surface area contributed by atoms with Gasteiger partial charge in [-0.2, -0.15) is 11.3 Å². The van der Waals surface area contributed by atoms with Crippen LogP contribution in [0.25, 0.3) is 33.3 Å². The average Bonchev–Trinajstić information content (AvgIpc) is 3.47. The summed E-state index contributed by atoms with van der Waals surface area (Å²) in [6.45, 7) is 1.86. The number of pyridine rings is 1. The maximum Gasteiger partial charge on any atom is 0.269 e. The zero-order chi connectivity index (χ0) is 24.0. The number of aryl methyl sites for hydroxylation is 1. The summed E-state index contributed by atoms with van der Waals surface area (Å²) in [4.78, 5) is 4.44. The first-order valence-corrected chi connectivity index (χ1v) is 12.6. The Morgan fingerprint density at radius 2 is 1.76 bits per heavy atom. The molecule has 172 valence electrons. The van der Waals surface area contributed by atoms with E-state index in [4.69, 9.17) is 4.74 Å². The molecule has 0 aliphatic carbocycles. The molecule has 0 saturated carbocycles. The van der Waals surface area contributed by atoms with Crippen LogP contribution in [-0.2, 0) is 10.0 Å². The van der Waals surface area contributed by atoms with Crippen molar-refractivity contribution < 1.29 is 21.9 Å². The van der Waals surface area contributed by atoms with Crippen molar-refractivity contribution in [3.05, 3.63) is 88.9 Å². The highest BCUT2D eigenvalue weighted by atomic mass is 32.2. The molecule has 0 aliphatic rings. The minimum atomic E-state index is -4.07. The molecule has 5 nitrogen and oxygen atoms in total. The summed E-state index contributed by atoms with van der Waals surface area (Å²) in [6.07, 6.45) is 2.86. The summed E-state index contributed by atoms with van der Waals surface area (Å²) in [5, 5.41) is 4.25. The van der Waals surface area contributed by atoms with Crippen LogP contribution in [0.1, 0.15) is 5.56 Å². The molecule has 0 atom stereocenters. The fourth-order valence-corrected chi connectivity index (χ4v) is 5.94. The van der Waals surface area contributed by atoms with Crippen molar-refractivity contribution >= 4 is 32.4 Å². The molecule has 0 unspecified atom stereocenters. The second-order valence-electron chi connectivity index (χ2n) is 7.69. The number of benzene rings is 2. The number of ether oxygens (including phenoxy) is 1. The van der Waals surface area contributed by atoms with Crippen LogP contribution >= 0.6 is 11.3 Å². The number of aromatic nitrogens is 2. The summed E-state index contributed by atoms with van der Waals surface area (Å²) in [7, 11) is -2.79. The smallest absolute Gasteiger partial charge is 0.269 e. The number of hydrogen-bond acceptors (Lipinski definition) is 5. The fourth-order valence-electron chi connectivity index (χ4n) is 3.96. The molecule has 3 aromatic heterocycles. The summed E-state index contributed by atoms with van der Waals surface area (Å²) in [6, 6.07) is 11.9. The third kappa shape index (κ3) is 3.57. The number of nitrogens with zero attached hydrogens (tertiary/aromatic N) is 2. The van der Waals surface area contributed by atoms with Crippen LogP contribution in [0, 0.1) is 18.6 Å². The molecule has 2 aromatic carbocycles. The Morgan fingerprint density at radius 1 is 1.00 bits per heavy atom. The van der Waals surface area contributed by atoms with Crippen LogP contribution in [0.5, 0.6) is 5.75 Å². The van der Waals surface area contributed by atoms with Gasteiger partial charge in [0.15, 0.2) is 17.2 Å². The van der Waals surface area contributed by atoms with Gasteiger partial charge in [0.1, 0.15) is 5.82 Å². The Kier molecular flexibility index (Phi) is 5.45. The zero-order valence-electron chi connectivity index (χ0n) is 18.1. The van der Waals surface area contributed by atoms with Crippen LogP contribution in [-0.4, -0.2) is 24.5 Å². The quantitative estimate of drug-likeness (QED) is 0.288. The second-order valence-corrected chi connectivity index (χ2v) is 10.3. The fraction of sp³-hybridized carbons (Fsp3) is 0.0800. The predicted molar refractivity (Wildman–Crippen MR) is 129 cm³/mol. The Balaban J connectivity index is 1.90. The van der Waals surface area contributed by atoms with E-state index in [1.807, 2.05) is 23.8 Å². The van der Waals surface area contributed by atoms with Crippen LogP contribution < -0.4 is 4.74 Å². The van der Waals surface area contributed by atoms with Gasteiger partial charge in [-0.15, -0.1) is 0 Å². The van der Waals surface area contributed by atoms with E-state index in [0.717, 1.165) is 27.2 Å². The van der Waals surface area contributed by atoms with E-state index < -0.39 is 21.7 Å². The monoisotopic (exact) mass is 496 g/mol. The van der Waals surface area contributed by atoms with Gasteiger partial charge in [0, 0.05) is 35.0 Å². The van der Waals surface area contributed by atoms with Gasteiger partial charge in [0.2, 0.25) is 0 Å². The first kappa shape index (κ1) is 22.2. The van der Waals surface area contributed by atoms with Crippen molar-refractivity contribution in [1.29, 1.82) is 0 Å². The molecule has 0 radical (unpaired) electrons. The SMILES string of the molecule is COc1c(F)cc(F)cc1-c1cn(S(=O)(=O)c2ccc(C)cc2)c2nccc(-c3ccsc3)c12. The number of halogens is 2. The minimum Gasteiger partial charge on any atom is -0.493 e. The molecular formula is C25H18F2N2O3S2. The van der Waals surface area contributed by atoms with E-state index in [2.05, 4.69) is 4.98 Å². The number of thiophene rings is 1. The predicted octanol–water partition coefficient (Wildman–Crippen LogP) is 6.26. The molecule has 9 heteroatoms. The highest BCUT2D eigenvalue weighted by Crippen LogP contribution is 2.43. The summed E-state index contributed by atoms with van der Waals surface area (Å²) < 4.78 is 62.5. The van der Waals surface area contributed by atoms with Gasteiger partial charge in [-0.3, -0.25) is 0 Å². The van der Waals surface area contributed by atoms with Crippen molar-refractivity contribution in [3.8, 4) is 28.0 Å². The molecule has 5 rings (SSSR count). The van der Waals surface area contributed by atoms with E-state index in [-0.39, 0.29) is 27.4 Å². The van der Waals surface area contributed by atoms with Crippen molar-refractivity contribution in [2.45, 2.75) is 11.8 Å². The van der Waals surface area contributed by atoms with Gasteiger partial charge in [-0.1, -0.05) is 17.7 Å². The molecule has 0 saturated heterocycles. The van der Waals surface area contributed by atoms with Crippen molar-refractivity contribution in [3.63, 3.8) is 0 Å². The molecule has 34 heavy (non-hydrogen) atoms. The molecule has 5 aromatic rings. The van der Waals surface area contributed by atoms with E-state index in [1.165, 1.54) is 43.0 Å². The topological polar surface area (TPSA) is 61.2 Å². The Hall–Kier alpha value is -3.56. The average molecular weight is 497 g/mol. The maximum absolute atomic E-state index is 14.6. The van der Waals surface area contributed by atoms with Crippen LogP contribution in [0.3, 0.4) is 0 Å². The van der Waals surface area contributed by atoms with Crippen LogP contribution in [0.15, 0.2) is 76.6 Å². The van der Waals surface area contributed by atoms with Crippen molar-refractivity contribution in [2.24, 2.45) is 0 Å². The van der Waals surface area contributed by atoms with E-state index in [1.54, 1.807) is 18.2 Å². The van der Waals surface area contributed by atoms with Gasteiger partial charge in [0.05, 0.1) is 12.0 Å². The number of rotatable bonds is 5. The Morgan fingerprint density at radius 3 is 2.44 bits per heavy atom. The van der Waals surface area contributed by atoms with Crippen LogP contribution in [0.4, 0.5) is 8.78 Å². The lowest BCUT2D eigenvalue weighted by Gasteiger charge is -2.10. The number of hydrogen-bond donors (Lipinski definition) is 0. The van der Waals surface area contributed by atoms with Gasteiger partial charge in [-0.25, -0.2) is 26.2 Å². The highest BCUT2D eigenvalue weighted by molar-refractivity contribution is 7.90. The molecule has 0 bridgehead atoms. The largest absolute Gasteiger partial charge is 0.493 e. The lowest BCUT2D eigenvalue weighted by atomic mass is 9.98. The van der Waals surface area contributed by atoms with E-state index in [9.17, 15) is 17.2 Å². The standard InChI is InChI=1S/C25H18F2N2O3S2/c1-15-3-5-18(6-4-15)34(30,31)29-13-21(20-11-17(26)12-22(27)24(20)32-2)23-19(7-9-28-25(23)29)16-8-10-33-14-16/h3-14H,1-2H3. The molecule has 0 fully saturated rings. The first-order chi connectivity index (χ1) is 16.3. The maximum atomic E-state index is 14.6. The third-order valence-electron chi connectivity index (χ3n) is 5.57. The molecule has 3 heterocycles. The normalized spacial score (nSPS) is 11.8. The van der Waals surface area contributed by atoms with E-state index >= 15 is 0 Å². The molecule has 0 N–H and O–H groups in total. The van der Waals surface area contributed by atoms with Gasteiger partial charge >= 0.3 is 0 Å². The molecule has 0 spiro atoms. The number of fused-ring (bicyclic) bond motifs is 1. The highest BCUT2D eigenvalue weighted by Gasteiger charge is 2.27. The summed E-state index contributed by atoms with van der Waals surface area (Å²) >= 11 is 1.48. The molecular weight excluding hydrogens is 478 g/mol. The van der Waals surface area contributed by atoms with Gasteiger partial charge in [-0.05, 0) is 59.1 Å². The summed E-state index contributed by atoms with van der Waals surface area (Å²) in [5.41, 5.74) is 2.95. The van der Waals surface area contributed by atoms with Crippen molar-refractivity contribution in [1.82, 2.24) is 8.96 Å². The lowest BCUT2D eigenvalue weighted by Crippen LogP contribution is -2.12. The minimum absolute atomic E-state index is 0.0710. The summed E-state index contributed by atoms with van der Waals surface area (Å²) in [5.74, 6) is -1.88. The van der Waals surface area contributed by atoms with Gasteiger partial charge in [0.25, 0.3) is 10.0 Å².